The first-order valence-corrected chi connectivity index (χ1v) is 6.92. The summed E-state index contributed by atoms with van der Waals surface area (Å²) in [6, 6.07) is 13.2. The fourth-order valence-corrected chi connectivity index (χ4v) is 1.89. The van der Waals surface area contributed by atoms with Crippen molar-refractivity contribution in [1.82, 2.24) is 5.32 Å². The molecule has 0 heterocycles. The Kier molecular flexibility index (Phi) is 5.36. The van der Waals surface area contributed by atoms with Gasteiger partial charge in [0.1, 0.15) is 12.4 Å². The van der Waals surface area contributed by atoms with Gasteiger partial charge in [0.2, 0.25) is 0 Å². The van der Waals surface area contributed by atoms with E-state index in [1.807, 2.05) is 37.3 Å². The van der Waals surface area contributed by atoms with Gasteiger partial charge in [-0.3, -0.25) is 4.79 Å². The lowest BCUT2D eigenvalue weighted by molar-refractivity contribution is 0.0926. The molecule has 2 aromatic carbocycles. The van der Waals surface area contributed by atoms with Crippen LogP contribution >= 0.6 is 0 Å². The van der Waals surface area contributed by atoms with Crippen LogP contribution in [0.15, 0.2) is 48.5 Å². The molecule has 1 atom stereocenters. The van der Waals surface area contributed by atoms with Gasteiger partial charge in [0.25, 0.3) is 5.91 Å². The molecule has 0 saturated carbocycles. The first-order valence-electron chi connectivity index (χ1n) is 6.92. The first-order chi connectivity index (χ1) is 10.6. The number of hydrogen-bond acceptors (Lipinski definition) is 3. The fraction of sp³-hybridized carbons (Fsp3) is 0.235. The molecule has 0 fully saturated rings. The Morgan fingerprint density at radius 3 is 2.59 bits per heavy atom. The molecule has 0 aromatic heterocycles. The Labute approximate surface area is 128 Å². The number of para-hydroxylation sites is 1. The Morgan fingerprint density at radius 1 is 1.23 bits per heavy atom. The number of hydrogen-bond donors (Lipinski definition) is 1. The van der Waals surface area contributed by atoms with E-state index in [-0.39, 0.29) is 23.3 Å². The molecule has 1 amide bonds. The van der Waals surface area contributed by atoms with Crippen LogP contribution in [-0.2, 0) is 0 Å². The van der Waals surface area contributed by atoms with Crippen LogP contribution < -0.4 is 14.8 Å². The zero-order chi connectivity index (χ0) is 15.9. The lowest BCUT2D eigenvalue weighted by atomic mass is 10.2. The van der Waals surface area contributed by atoms with Gasteiger partial charge in [0.15, 0.2) is 11.6 Å². The van der Waals surface area contributed by atoms with E-state index in [1.165, 1.54) is 19.2 Å². The van der Waals surface area contributed by atoms with Crippen molar-refractivity contribution in [2.24, 2.45) is 0 Å². The van der Waals surface area contributed by atoms with Crippen molar-refractivity contribution < 1.29 is 18.7 Å². The van der Waals surface area contributed by atoms with Crippen molar-refractivity contribution >= 4 is 5.91 Å². The third-order valence-electron chi connectivity index (χ3n) is 3.03. The fourth-order valence-electron chi connectivity index (χ4n) is 1.89. The second kappa shape index (κ2) is 7.45. The molecule has 0 bridgehead atoms. The third kappa shape index (κ3) is 4.22. The molecular weight excluding hydrogens is 285 g/mol. The van der Waals surface area contributed by atoms with E-state index < -0.39 is 5.82 Å². The molecule has 116 valence electrons. The van der Waals surface area contributed by atoms with Gasteiger partial charge >= 0.3 is 0 Å². The van der Waals surface area contributed by atoms with Crippen molar-refractivity contribution in [3.8, 4) is 11.5 Å². The zero-order valence-electron chi connectivity index (χ0n) is 12.5. The van der Waals surface area contributed by atoms with E-state index >= 15 is 0 Å². The van der Waals surface area contributed by atoms with Crippen molar-refractivity contribution in [1.29, 1.82) is 0 Å². The topological polar surface area (TPSA) is 47.6 Å². The molecular formula is C17H18FNO3. The number of carbonyl (C=O) groups is 1. The maximum atomic E-state index is 13.6. The monoisotopic (exact) mass is 303 g/mol. The van der Waals surface area contributed by atoms with Gasteiger partial charge in [-0.2, -0.15) is 0 Å². The zero-order valence-corrected chi connectivity index (χ0v) is 12.5. The van der Waals surface area contributed by atoms with Crippen molar-refractivity contribution in [3.63, 3.8) is 0 Å². The number of benzene rings is 2. The van der Waals surface area contributed by atoms with Crippen LogP contribution in [0.1, 0.15) is 17.3 Å². The highest BCUT2D eigenvalue weighted by molar-refractivity contribution is 5.94. The van der Waals surface area contributed by atoms with E-state index in [9.17, 15) is 9.18 Å². The second-order valence-electron chi connectivity index (χ2n) is 4.85. The van der Waals surface area contributed by atoms with E-state index in [4.69, 9.17) is 9.47 Å². The van der Waals surface area contributed by atoms with E-state index in [1.54, 1.807) is 0 Å². The summed E-state index contributed by atoms with van der Waals surface area (Å²) in [5, 5.41) is 2.76. The van der Waals surface area contributed by atoms with Crippen LogP contribution in [0.2, 0.25) is 0 Å². The predicted molar refractivity (Wildman–Crippen MR) is 81.8 cm³/mol. The number of ether oxygens (including phenoxy) is 2. The molecule has 5 heteroatoms. The molecule has 0 spiro atoms. The van der Waals surface area contributed by atoms with Crippen LogP contribution in [0.3, 0.4) is 0 Å². The largest absolute Gasteiger partial charge is 0.494 e. The lowest BCUT2D eigenvalue weighted by Crippen LogP contribution is -2.36. The van der Waals surface area contributed by atoms with Crippen molar-refractivity contribution in [3.05, 3.63) is 59.9 Å². The summed E-state index contributed by atoms with van der Waals surface area (Å²) in [6.07, 6.45) is 0. The van der Waals surface area contributed by atoms with Crippen molar-refractivity contribution in [2.75, 3.05) is 13.7 Å². The predicted octanol–water partition coefficient (Wildman–Crippen LogP) is 3.03. The van der Waals surface area contributed by atoms with Gasteiger partial charge in [0.05, 0.1) is 13.2 Å². The molecule has 22 heavy (non-hydrogen) atoms. The van der Waals surface area contributed by atoms with Crippen LogP contribution in [0.4, 0.5) is 4.39 Å². The molecule has 2 aromatic rings. The molecule has 0 aliphatic heterocycles. The van der Waals surface area contributed by atoms with Crippen LogP contribution in [-0.4, -0.2) is 25.7 Å². The highest BCUT2D eigenvalue weighted by Gasteiger charge is 2.13. The van der Waals surface area contributed by atoms with Gasteiger partial charge in [-0.25, -0.2) is 4.39 Å². The molecule has 2 rings (SSSR count). The number of rotatable bonds is 6. The summed E-state index contributed by atoms with van der Waals surface area (Å²) in [5.41, 5.74) is 0.241. The molecule has 0 unspecified atom stereocenters. The molecule has 0 radical (unpaired) electrons. The van der Waals surface area contributed by atoms with E-state index in [2.05, 4.69) is 5.32 Å². The summed E-state index contributed by atoms with van der Waals surface area (Å²) in [4.78, 5) is 12.0. The highest BCUT2D eigenvalue weighted by Crippen LogP contribution is 2.17. The average Bonchev–Trinajstić information content (AvgIpc) is 2.53. The molecule has 0 aliphatic rings. The summed E-state index contributed by atoms with van der Waals surface area (Å²) >= 11 is 0. The van der Waals surface area contributed by atoms with Gasteiger partial charge < -0.3 is 14.8 Å². The SMILES string of the molecule is COc1ccc(C(=O)N[C@H](C)COc2ccccc2)cc1F. The van der Waals surface area contributed by atoms with Crippen LogP contribution in [0, 0.1) is 5.82 Å². The van der Waals surface area contributed by atoms with Gasteiger partial charge in [0, 0.05) is 5.56 Å². The highest BCUT2D eigenvalue weighted by atomic mass is 19.1. The quantitative estimate of drug-likeness (QED) is 0.892. The first kappa shape index (κ1) is 15.8. The number of amides is 1. The summed E-state index contributed by atoms with van der Waals surface area (Å²) < 4.78 is 24.0. The van der Waals surface area contributed by atoms with Gasteiger partial charge in [-0.05, 0) is 37.3 Å². The smallest absolute Gasteiger partial charge is 0.251 e. The Morgan fingerprint density at radius 2 is 1.95 bits per heavy atom. The maximum Gasteiger partial charge on any atom is 0.251 e. The summed E-state index contributed by atoms with van der Waals surface area (Å²) in [7, 11) is 1.38. The minimum Gasteiger partial charge on any atom is -0.494 e. The minimum absolute atomic E-state index is 0.108. The van der Waals surface area contributed by atoms with Crippen LogP contribution in [0.25, 0.3) is 0 Å². The number of halogens is 1. The molecule has 0 saturated heterocycles. The molecule has 1 N–H and O–H groups in total. The molecule has 4 nitrogen and oxygen atoms in total. The second-order valence-corrected chi connectivity index (χ2v) is 4.85. The average molecular weight is 303 g/mol. The Balaban J connectivity index is 1.89. The minimum atomic E-state index is -0.566. The van der Waals surface area contributed by atoms with Crippen molar-refractivity contribution in [2.45, 2.75) is 13.0 Å². The van der Waals surface area contributed by atoms with Gasteiger partial charge in [-0.1, -0.05) is 18.2 Å². The number of methoxy groups -OCH3 is 1. The van der Waals surface area contributed by atoms with Crippen LogP contribution in [0.5, 0.6) is 11.5 Å². The normalized spacial score (nSPS) is 11.6. The Hall–Kier alpha value is -2.56. The van der Waals surface area contributed by atoms with E-state index in [0.717, 1.165) is 11.8 Å². The van der Waals surface area contributed by atoms with E-state index in [0.29, 0.717) is 6.61 Å². The van der Waals surface area contributed by atoms with Gasteiger partial charge in [-0.15, -0.1) is 0 Å². The third-order valence-corrected chi connectivity index (χ3v) is 3.03. The molecule has 0 aliphatic carbocycles. The summed E-state index contributed by atoms with van der Waals surface area (Å²) in [5.74, 6) is -0.0786. The number of nitrogens with one attached hydrogen (secondary N) is 1. The standard InChI is InChI=1S/C17H18FNO3/c1-12(11-22-14-6-4-3-5-7-14)19-17(20)13-8-9-16(21-2)15(18)10-13/h3-10,12H,11H2,1-2H3,(H,19,20)/t12-/m1/s1. The number of carbonyl (C=O) groups excluding carboxylic acids is 1. The maximum absolute atomic E-state index is 13.6. The summed E-state index contributed by atoms with van der Waals surface area (Å²) in [6.45, 7) is 2.15. The lowest BCUT2D eigenvalue weighted by Gasteiger charge is -2.15. The Bertz CT molecular complexity index is 631.